The zero-order valence-electron chi connectivity index (χ0n) is 10.6. The summed E-state index contributed by atoms with van der Waals surface area (Å²) in [6, 6.07) is 1.86. The fourth-order valence-corrected chi connectivity index (χ4v) is 2.53. The van der Waals surface area contributed by atoms with Crippen LogP contribution in [0.5, 0.6) is 0 Å². The summed E-state index contributed by atoms with van der Waals surface area (Å²) < 4.78 is 48.8. The van der Waals surface area contributed by atoms with E-state index in [1.807, 2.05) is 0 Å². The van der Waals surface area contributed by atoms with Gasteiger partial charge in [0.05, 0.1) is 4.90 Å². The van der Waals surface area contributed by atoms with Crippen LogP contribution >= 0.6 is 0 Å². The van der Waals surface area contributed by atoms with Crippen molar-refractivity contribution in [1.82, 2.24) is 0 Å². The van der Waals surface area contributed by atoms with Gasteiger partial charge in [-0.1, -0.05) is 0 Å². The van der Waals surface area contributed by atoms with E-state index in [9.17, 15) is 22.0 Å². The Balaban J connectivity index is 3.60. The van der Waals surface area contributed by atoms with E-state index in [2.05, 4.69) is 4.99 Å². The van der Waals surface area contributed by atoms with Crippen LogP contribution in [0, 0.1) is 0 Å². The maximum Gasteiger partial charge on any atom is 0.280 e. The molecule has 0 aliphatic rings. The van der Waals surface area contributed by atoms with Gasteiger partial charge in [-0.25, -0.2) is 17.2 Å². The number of hydrogen-bond donors (Lipinski definition) is 2. The highest BCUT2D eigenvalue weighted by molar-refractivity contribution is 7.90. The molecular formula is C11H13F2N3O3S. The standard InChI is InChI=1S/C11H13F2N3O3S/c1-20(18,19)9-3-8(10(17)16-11(14)15)6(4-12)2-7(9)5-13/h2-3H,4-5H2,1H3,(H4,14,15,16,17). The number of halogens is 2. The van der Waals surface area contributed by atoms with Gasteiger partial charge in [0, 0.05) is 17.4 Å². The summed E-state index contributed by atoms with van der Waals surface area (Å²) in [5, 5.41) is 0. The molecule has 1 rings (SSSR count). The highest BCUT2D eigenvalue weighted by atomic mass is 32.2. The third-order valence-corrected chi connectivity index (χ3v) is 3.61. The maximum absolute atomic E-state index is 12.9. The number of carbonyl (C=O) groups is 1. The van der Waals surface area contributed by atoms with Gasteiger partial charge in [0.25, 0.3) is 5.91 Å². The van der Waals surface area contributed by atoms with Gasteiger partial charge >= 0.3 is 0 Å². The zero-order chi connectivity index (χ0) is 15.5. The van der Waals surface area contributed by atoms with Crippen molar-refractivity contribution in [3.8, 4) is 0 Å². The molecule has 6 nitrogen and oxygen atoms in total. The van der Waals surface area contributed by atoms with Gasteiger partial charge in [-0.05, 0) is 17.7 Å². The summed E-state index contributed by atoms with van der Waals surface area (Å²) in [5.41, 5.74) is 9.35. The van der Waals surface area contributed by atoms with Gasteiger partial charge < -0.3 is 11.5 Å². The number of benzene rings is 1. The smallest absolute Gasteiger partial charge is 0.280 e. The molecule has 0 fully saturated rings. The van der Waals surface area contributed by atoms with E-state index in [1.165, 1.54) is 0 Å². The molecule has 1 aromatic carbocycles. The Kier molecular flexibility index (Phi) is 4.77. The summed E-state index contributed by atoms with van der Waals surface area (Å²) in [7, 11) is -3.78. The lowest BCUT2D eigenvalue weighted by molar-refractivity contribution is 0.100. The van der Waals surface area contributed by atoms with Gasteiger partial charge in [0.15, 0.2) is 15.8 Å². The highest BCUT2D eigenvalue weighted by Crippen LogP contribution is 2.24. The lowest BCUT2D eigenvalue weighted by atomic mass is 10.0. The predicted molar refractivity (Wildman–Crippen MR) is 69.3 cm³/mol. The summed E-state index contributed by atoms with van der Waals surface area (Å²) in [4.78, 5) is 14.5. The van der Waals surface area contributed by atoms with Gasteiger partial charge in [0.2, 0.25) is 0 Å². The van der Waals surface area contributed by atoms with Gasteiger partial charge in [-0.15, -0.1) is 0 Å². The van der Waals surface area contributed by atoms with Crippen LogP contribution < -0.4 is 11.5 Å². The van der Waals surface area contributed by atoms with E-state index < -0.39 is 39.9 Å². The number of guanidine groups is 1. The third kappa shape index (κ3) is 3.50. The van der Waals surface area contributed by atoms with Crippen molar-refractivity contribution in [2.24, 2.45) is 16.5 Å². The first kappa shape index (κ1) is 16.0. The van der Waals surface area contributed by atoms with Crippen LogP contribution in [-0.2, 0) is 23.2 Å². The number of nitrogens with two attached hydrogens (primary N) is 2. The van der Waals surface area contributed by atoms with Crippen LogP contribution in [0.4, 0.5) is 8.78 Å². The van der Waals surface area contributed by atoms with Crippen LogP contribution in [0.1, 0.15) is 21.5 Å². The second-order valence-electron chi connectivity index (χ2n) is 4.00. The van der Waals surface area contributed by atoms with E-state index in [4.69, 9.17) is 11.5 Å². The first-order valence-corrected chi connectivity index (χ1v) is 7.21. The molecule has 1 aromatic rings. The number of aliphatic imine (C=N–C) groups is 1. The minimum atomic E-state index is -3.78. The quantitative estimate of drug-likeness (QED) is 0.618. The van der Waals surface area contributed by atoms with Crippen molar-refractivity contribution in [2.45, 2.75) is 18.2 Å². The topological polar surface area (TPSA) is 116 Å². The van der Waals surface area contributed by atoms with E-state index >= 15 is 0 Å². The molecule has 0 spiro atoms. The van der Waals surface area contributed by atoms with Crippen molar-refractivity contribution in [3.05, 3.63) is 28.8 Å². The molecule has 0 aliphatic heterocycles. The average molecular weight is 305 g/mol. The lowest BCUT2D eigenvalue weighted by Crippen LogP contribution is -2.24. The summed E-state index contributed by atoms with van der Waals surface area (Å²) >= 11 is 0. The second kappa shape index (κ2) is 5.95. The van der Waals surface area contributed by atoms with E-state index in [1.54, 1.807) is 0 Å². The molecule has 0 aromatic heterocycles. The molecule has 0 radical (unpaired) electrons. The number of sulfone groups is 1. The van der Waals surface area contributed by atoms with Crippen LogP contribution in [0.15, 0.2) is 22.0 Å². The molecule has 0 saturated carbocycles. The number of carbonyl (C=O) groups excluding carboxylic acids is 1. The fraction of sp³-hybridized carbons (Fsp3) is 0.273. The van der Waals surface area contributed by atoms with Gasteiger partial charge in [-0.3, -0.25) is 4.79 Å². The van der Waals surface area contributed by atoms with Crippen LogP contribution in [0.25, 0.3) is 0 Å². The molecular weight excluding hydrogens is 292 g/mol. The number of amides is 1. The second-order valence-corrected chi connectivity index (χ2v) is 5.98. The summed E-state index contributed by atoms with van der Waals surface area (Å²) in [5.74, 6) is -1.54. The molecule has 0 unspecified atom stereocenters. The third-order valence-electron chi connectivity index (χ3n) is 2.43. The largest absolute Gasteiger partial charge is 0.370 e. The number of nitrogens with zero attached hydrogens (tertiary/aromatic N) is 1. The van der Waals surface area contributed by atoms with Gasteiger partial charge in [0.1, 0.15) is 13.3 Å². The average Bonchev–Trinajstić information content (AvgIpc) is 2.34. The molecule has 1 amide bonds. The summed E-state index contributed by atoms with van der Waals surface area (Å²) in [6.45, 7) is -2.19. The SMILES string of the molecule is CS(=O)(=O)c1cc(C(=O)N=C(N)N)c(CF)cc1CF. The number of rotatable bonds is 4. The van der Waals surface area contributed by atoms with E-state index in [-0.39, 0.29) is 16.7 Å². The molecule has 20 heavy (non-hydrogen) atoms. The molecule has 110 valence electrons. The Morgan fingerprint density at radius 1 is 1.20 bits per heavy atom. The molecule has 4 N–H and O–H groups in total. The van der Waals surface area contributed by atoms with Crippen molar-refractivity contribution in [3.63, 3.8) is 0 Å². The lowest BCUT2D eigenvalue weighted by Gasteiger charge is -2.10. The van der Waals surface area contributed by atoms with Crippen molar-refractivity contribution < 1.29 is 22.0 Å². The van der Waals surface area contributed by atoms with Crippen LogP contribution in [-0.4, -0.2) is 26.5 Å². The van der Waals surface area contributed by atoms with E-state index in [0.29, 0.717) is 0 Å². The first-order valence-electron chi connectivity index (χ1n) is 5.32. The molecule has 0 atom stereocenters. The Labute approximate surface area is 114 Å². The van der Waals surface area contributed by atoms with Crippen LogP contribution in [0.2, 0.25) is 0 Å². The van der Waals surface area contributed by atoms with Crippen molar-refractivity contribution in [2.75, 3.05) is 6.26 Å². The van der Waals surface area contributed by atoms with Crippen molar-refractivity contribution in [1.29, 1.82) is 0 Å². The summed E-state index contributed by atoms with van der Waals surface area (Å²) in [6.07, 6.45) is 0.853. The Morgan fingerprint density at radius 3 is 2.15 bits per heavy atom. The molecule has 9 heteroatoms. The monoisotopic (exact) mass is 305 g/mol. The normalized spacial score (nSPS) is 11.2. The highest BCUT2D eigenvalue weighted by Gasteiger charge is 2.20. The van der Waals surface area contributed by atoms with Gasteiger partial charge in [-0.2, -0.15) is 4.99 Å². The molecule has 0 heterocycles. The predicted octanol–water partition coefficient (Wildman–Crippen LogP) is 0.443. The van der Waals surface area contributed by atoms with Crippen LogP contribution in [0.3, 0.4) is 0 Å². The number of hydrogen-bond acceptors (Lipinski definition) is 3. The molecule has 0 bridgehead atoms. The zero-order valence-corrected chi connectivity index (χ0v) is 11.4. The fourth-order valence-electron chi connectivity index (χ4n) is 1.61. The Hall–Kier alpha value is -2.03. The Bertz CT molecular complexity index is 668. The van der Waals surface area contributed by atoms with Crippen molar-refractivity contribution >= 4 is 21.7 Å². The Morgan fingerprint density at radius 2 is 1.75 bits per heavy atom. The molecule has 0 aliphatic carbocycles. The minimum Gasteiger partial charge on any atom is -0.370 e. The maximum atomic E-state index is 12.9. The first-order chi connectivity index (χ1) is 9.20. The number of alkyl halides is 2. The van der Waals surface area contributed by atoms with E-state index in [0.717, 1.165) is 18.4 Å². The molecule has 0 saturated heterocycles. The minimum absolute atomic E-state index is 0.181.